The summed E-state index contributed by atoms with van der Waals surface area (Å²) in [5.41, 5.74) is 1.81. The Kier molecular flexibility index (Phi) is 8.22. The number of amides is 1. The number of rotatable bonds is 8. The molecule has 0 saturated heterocycles. The molecule has 0 radical (unpaired) electrons. The maximum absolute atomic E-state index is 12.7. The van der Waals surface area contributed by atoms with E-state index < -0.39 is 9.84 Å². The van der Waals surface area contributed by atoms with Gasteiger partial charge < -0.3 is 10.1 Å². The molecule has 6 nitrogen and oxygen atoms in total. The zero-order chi connectivity index (χ0) is 25.9. The molecule has 1 aromatic heterocycles. The molecular formula is C25H19Cl3N2O4S2. The number of hydrogen-bond acceptors (Lipinski definition) is 6. The van der Waals surface area contributed by atoms with Crippen LogP contribution >= 0.6 is 46.1 Å². The van der Waals surface area contributed by atoms with Crippen molar-refractivity contribution in [1.29, 1.82) is 0 Å². The standard InChI is InChI=1S/C25H19Cl3N2O4S2/c1-2-36(32,33)18-11-9-15(10-12-18)13-21(31)29-25-30-22(16-5-3-6-17(26)14-16)24(35-25)34-23-19(27)7-4-8-20(23)28/h3-12,14H,2,13H2,1H3,(H,29,30,31). The number of nitrogens with one attached hydrogen (secondary N) is 1. The zero-order valence-electron chi connectivity index (χ0n) is 18.8. The summed E-state index contributed by atoms with van der Waals surface area (Å²) in [4.78, 5) is 17.5. The Bertz CT molecular complexity index is 1500. The third-order valence-corrected chi connectivity index (χ3v) is 8.51. The number of carbonyl (C=O) groups is 1. The Balaban J connectivity index is 1.59. The van der Waals surface area contributed by atoms with Crippen molar-refractivity contribution in [3.8, 4) is 22.1 Å². The first-order chi connectivity index (χ1) is 17.2. The van der Waals surface area contributed by atoms with E-state index in [-0.39, 0.29) is 28.7 Å². The summed E-state index contributed by atoms with van der Waals surface area (Å²) in [6, 6.07) is 18.3. The summed E-state index contributed by atoms with van der Waals surface area (Å²) in [6.07, 6.45) is 0.0328. The van der Waals surface area contributed by atoms with Gasteiger partial charge in [-0.25, -0.2) is 13.4 Å². The van der Waals surface area contributed by atoms with Crippen LogP contribution in [0.25, 0.3) is 11.3 Å². The van der Waals surface area contributed by atoms with E-state index in [0.717, 1.165) is 11.3 Å². The number of para-hydroxylation sites is 1. The molecule has 186 valence electrons. The van der Waals surface area contributed by atoms with Gasteiger partial charge in [-0.15, -0.1) is 0 Å². The van der Waals surface area contributed by atoms with Gasteiger partial charge in [0.1, 0.15) is 5.69 Å². The third kappa shape index (κ3) is 6.19. The topological polar surface area (TPSA) is 85.4 Å². The molecule has 1 N–H and O–H groups in total. The van der Waals surface area contributed by atoms with Gasteiger partial charge in [0, 0.05) is 10.6 Å². The molecule has 11 heteroatoms. The first-order valence-corrected chi connectivity index (χ1v) is 14.3. The quantitative estimate of drug-likeness (QED) is 0.232. The number of carbonyl (C=O) groups excluding carboxylic acids is 1. The van der Waals surface area contributed by atoms with Crippen molar-refractivity contribution in [2.75, 3.05) is 11.1 Å². The van der Waals surface area contributed by atoms with E-state index in [0.29, 0.717) is 42.1 Å². The second kappa shape index (κ2) is 11.2. The second-order valence-corrected chi connectivity index (χ2v) is 12.1. The predicted octanol–water partition coefficient (Wildman–Crippen LogP) is 7.54. The summed E-state index contributed by atoms with van der Waals surface area (Å²) in [5, 5.41) is 4.62. The molecule has 0 saturated carbocycles. The monoisotopic (exact) mass is 580 g/mol. The van der Waals surface area contributed by atoms with E-state index in [2.05, 4.69) is 10.3 Å². The summed E-state index contributed by atoms with van der Waals surface area (Å²) >= 11 is 19.8. The maximum Gasteiger partial charge on any atom is 0.230 e. The first-order valence-electron chi connectivity index (χ1n) is 10.7. The van der Waals surface area contributed by atoms with Gasteiger partial charge in [-0.3, -0.25) is 4.79 Å². The Hall–Kier alpha value is -2.62. The average molecular weight is 582 g/mol. The van der Waals surface area contributed by atoms with Crippen molar-refractivity contribution in [3.63, 3.8) is 0 Å². The van der Waals surface area contributed by atoms with Crippen molar-refractivity contribution in [3.05, 3.63) is 87.4 Å². The molecule has 1 amide bonds. The van der Waals surface area contributed by atoms with E-state index in [9.17, 15) is 13.2 Å². The molecule has 0 bridgehead atoms. The number of aromatic nitrogens is 1. The average Bonchev–Trinajstić information content (AvgIpc) is 3.24. The van der Waals surface area contributed by atoms with E-state index in [4.69, 9.17) is 39.5 Å². The highest BCUT2D eigenvalue weighted by atomic mass is 35.5. The number of sulfone groups is 1. The van der Waals surface area contributed by atoms with Crippen LogP contribution in [0.3, 0.4) is 0 Å². The molecule has 0 spiro atoms. The fraction of sp³-hybridized carbons (Fsp3) is 0.120. The zero-order valence-corrected chi connectivity index (χ0v) is 22.7. The SMILES string of the molecule is CCS(=O)(=O)c1ccc(CC(=O)Nc2nc(-c3cccc(Cl)c3)c(Oc3c(Cl)cccc3Cl)s2)cc1. The Morgan fingerprint density at radius 2 is 1.67 bits per heavy atom. The Labute approximate surface area is 227 Å². The second-order valence-electron chi connectivity index (χ2n) is 7.59. The number of ether oxygens (including phenoxy) is 1. The van der Waals surface area contributed by atoms with Crippen LogP contribution in [0.15, 0.2) is 71.6 Å². The number of anilines is 1. The molecule has 0 unspecified atom stereocenters. The fourth-order valence-corrected chi connectivity index (χ4v) is 5.66. The highest BCUT2D eigenvalue weighted by Crippen LogP contribution is 2.44. The van der Waals surface area contributed by atoms with Gasteiger partial charge in [-0.05, 0) is 42.0 Å². The van der Waals surface area contributed by atoms with Crippen LogP contribution in [0.5, 0.6) is 10.8 Å². The number of benzene rings is 3. The lowest BCUT2D eigenvalue weighted by Crippen LogP contribution is -2.14. The van der Waals surface area contributed by atoms with Gasteiger partial charge in [0.05, 0.1) is 27.1 Å². The molecule has 1 heterocycles. The Morgan fingerprint density at radius 1 is 1.00 bits per heavy atom. The molecule has 4 rings (SSSR count). The minimum Gasteiger partial charge on any atom is -0.441 e. The molecule has 3 aromatic carbocycles. The molecule has 36 heavy (non-hydrogen) atoms. The molecule has 0 aliphatic carbocycles. The van der Waals surface area contributed by atoms with E-state index >= 15 is 0 Å². The van der Waals surface area contributed by atoms with Gasteiger partial charge >= 0.3 is 0 Å². The van der Waals surface area contributed by atoms with Gasteiger partial charge in [0.2, 0.25) is 11.0 Å². The summed E-state index contributed by atoms with van der Waals surface area (Å²) in [5.74, 6) is -0.0436. The minimum atomic E-state index is -3.31. The molecule has 0 aliphatic heterocycles. The lowest BCUT2D eigenvalue weighted by molar-refractivity contribution is -0.115. The summed E-state index contributed by atoms with van der Waals surface area (Å²) in [6.45, 7) is 1.58. The number of nitrogens with zero attached hydrogens (tertiary/aromatic N) is 1. The molecule has 0 atom stereocenters. The first kappa shape index (κ1) is 26.4. The number of hydrogen-bond donors (Lipinski definition) is 1. The van der Waals surface area contributed by atoms with Crippen LogP contribution in [0.4, 0.5) is 5.13 Å². The van der Waals surface area contributed by atoms with Crippen LogP contribution in [-0.2, 0) is 21.1 Å². The van der Waals surface area contributed by atoms with E-state index in [1.165, 1.54) is 12.1 Å². The van der Waals surface area contributed by atoms with Crippen LogP contribution in [-0.4, -0.2) is 25.1 Å². The van der Waals surface area contributed by atoms with Crippen LogP contribution < -0.4 is 10.1 Å². The number of thiazole rings is 1. The molecule has 0 aliphatic rings. The summed E-state index contributed by atoms with van der Waals surface area (Å²) in [7, 11) is -3.31. The fourth-order valence-electron chi connectivity index (χ4n) is 3.25. The van der Waals surface area contributed by atoms with Crippen molar-refractivity contribution >= 4 is 67.0 Å². The highest BCUT2D eigenvalue weighted by molar-refractivity contribution is 7.91. The molecular weight excluding hydrogens is 563 g/mol. The smallest absolute Gasteiger partial charge is 0.230 e. The summed E-state index contributed by atoms with van der Waals surface area (Å²) < 4.78 is 30.0. The largest absolute Gasteiger partial charge is 0.441 e. The van der Waals surface area contributed by atoms with Crippen molar-refractivity contribution in [2.24, 2.45) is 0 Å². The van der Waals surface area contributed by atoms with Gasteiger partial charge in [-0.1, -0.05) is 83.4 Å². The lowest BCUT2D eigenvalue weighted by atomic mass is 10.1. The highest BCUT2D eigenvalue weighted by Gasteiger charge is 2.20. The van der Waals surface area contributed by atoms with Gasteiger partial charge in [-0.2, -0.15) is 0 Å². The third-order valence-electron chi connectivity index (χ3n) is 5.08. The molecule has 0 fully saturated rings. The minimum absolute atomic E-state index is 0.00957. The van der Waals surface area contributed by atoms with Crippen molar-refractivity contribution < 1.29 is 17.9 Å². The van der Waals surface area contributed by atoms with Gasteiger partial charge in [0.15, 0.2) is 20.7 Å². The maximum atomic E-state index is 12.7. The van der Waals surface area contributed by atoms with Crippen LogP contribution in [0.2, 0.25) is 15.1 Å². The Morgan fingerprint density at radius 3 is 2.31 bits per heavy atom. The van der Waals surface area contributed by atoms with Gasteiger partial charge in [0.25, 0.3) is 0 Å². The van der Waals surface area contributed by atoms with E-state index in [1.807, 2.05) is 6.07 Å². The van der Waals surface area contributed by atoms with E-state index in [1.54, 1.807) is 55.5 Å². The normalized spacial score (nSPS) is 11.3. The number of halogens is 3. The van der Waals surface area contributed by atoms with Crippen LogP contribution in [0.1, 0.15) is 12.5 Å². The molecule has 4 aromatic rings. The van der Waals surface area contributed by atoms with Crippen molar-refractivity contribution in [1.82, 2.24) is 4.98 Å². The van der Waals surface area contributed by atoms with Crippen molar-refractivity contribution in [2.45, 2.75) is 18.2 Å². The lowest BCUT2D eigenvalue weighted by Gasteiger charge is -2.09. The van der Waals surface area contributed by atoms with Crippen LogP contribution in [0, 0.1) is 0 Å². The predicted molar refractivity (Wildman–Crippen MR) is 146 cm³/mol.